The molecule has 2 nitrogen and oxygen atoms in total. The highest BCUT2D eigenvalue weighted by Gasteiger charge is 2.26. The van der Waals surface area contributed by atoms with Gasteiger partial charge in [-0.3, -0.25) is 0 Å². The van der Waals surface area contributed by atoms with E-state index in [4.69, 9.17) is 27.9 Å². The first-order valence-electron chi connectivity index (χ1n) is 6.87. The first kappa shape index (κ1) is 16.8. The number of methoxy groups -OCH3 is 1. The van der Waals surface area contributed by atoms with Gasteiger partial charge in [-0.25, -0.2) is 0 Å². The van der Waals surface area contributed by atoms with Gasteiger partial charge in [-0.05, 0) is 36.6 Å². The van der Waals surface area contributed by atoms with Gasteiger partial charge in [0.2, 0.25) is 0 Å². The molecule has 1 aromatic carbocycles. The minimum atomic E-state index is 0.506. The zero-order chi connectivity index (χ0) is 14.3. The molecule has 1 heterocycles. The number of rotatable bonds is 3. The van der Waals surface area contributed by atoms with Crippen molar-refractivity contribution in [3.63, 3.8) is 0 Å². The quantitative estimate of drug-likeness (QED) is 0.896. The third-order valence-electron chi connectivity index (χ3n) is 3.36. The average Bonchev–Trinajstić information content (AvgIpc) is 2.45. The van der Waals surface area contributed by atoms with Gasteiger partial charge in [-0.1, -0.05) is 43.1 Å². The molecule has 1 N–H and O–H groups in total. The van der Waals surface area contributed by atoms with E-state index < -0.39 is 0 Å². The molecule has 0 aromatic heterocycles. The highest BCUT2D eigenvalue weighted by Crippen LogP contribution is 2.33. The van der Waals surface area contributed by atoms with Crippen LogP contribution in [0.5, 0.6) is 0 Å². The molecule has 108 valence electrons. The van der Waals surface area contributed by atoms with Crippen molar-refractivity contribution < 1.29 is 4.74 Å². The minimum Gasteiger partial charge on any atom is -0.384 e. The maximum atomic E-state index is 6.08. The van der Waals surface area contributed by atoms with Crippen molar-refractivity contribution in [1.29, 1.82) is 0 Å². The number of nitrogens with one attached hydrogen (secondary N) is 1. The van der Waals surface area contributed by atoms with Gasteiger partial charge in [0.1, 0.15) is 0 Å². The summed E-state index contributed by atoms with van der Waals surface area (Å²) in [6.07, 6.45) is 1.12. The molecule has 0 radical (unpaired) electrons. The van der Waals surface area contributed by atoms with E-state index in [1.807, 2.05) is 26.0 Å². The van der Waals surface area contributed by atoms with E-state index in [9.17, 15) is 0 Å². The molecule has 0 aliphatic carbocycles. The zero-order valence-corrected chi connectivity index (χ0v) is 13.4. The molecule has 0 amide bonds. The molecule has 0 bridgehead atoms. The van der Waals surface area contributed by atoms with Crippen molar-refractivity contribution in [3.8, 4) is 0 Å². The fourth-order valence-corrected chi connectivity index (χ4v) is 2.80. The molecule has 0 saturated carbocycles. The molecule has 4 heteroatoms. The lowest BCUT2D eigenvalue weighted by Gasteiger charge is -2.32. The summed E-state index contributed by atoms with van der Waals surface area (Å²) in [6.45, 7) is 6.82. The van der Waals surface area contributed by atoms with Crippen LogP contribution in [0, 0.1) is 5.92 Å². The SMILES string of the molecule is CC.COC[C@@H]1CNCCC1c1ccc(Cl)c(Cl)c1. The normalized spacial score (nSPS) is 22.6. The molecule has 2 atom stereocenters. The standard InChI is InChI=1S/C13H17Cl2NO.C2H6/c1-17-8-10-7-16-5-4-11(10)9-2-3-12(14)13(15)6-9;1-2/h2-3,6,10-11,16H,4-5,7-8H2,1H3;1-2H3/t10-,11?;/m0./s1. The Kier molecular flexibility index (Phi) is 7.77. The van der Waals surface area contributed by atoms with Gasteiger partial charge in [0, 0.05) is 19.6 Å². The molecule has 19 heavy (non-hydrogen) atoms. The lowest BCUT2D eigenvalue weighted by molar-refractivity contribution is 0.125. The van der Waals surface area contributed by atoms with Crippen LogP contribution in [0.15, 0.2) is 18.2 Å². The fraction of sp³-hybridized carbons (Fsp3) is 0.600. The van der Waals surface area contributed by atoms with Gasteiger partial charge < -0.3 is 10.1 Å². The van der Waals surface area contributed by atoms with Crippen LogP contribution in [0.4, 0.5) is 0 Å². The number of benzene rings is 1. The first-order valence-corrected chi connectivity index (χ1v) is 7.62. The Balaban J connectivity index is 0.000000861. The Morgan fingerprint density at radius 3 is 2.63 bits per heavy atom. The largest absolute Gasteiger partial charge is 0.384 e. The summed E-state index contributed by atoms with van der Waals surface area (Å²) in [5.41, 5.74) is 1.27. The third-order valence-corrected chi connectivity index (χ3v) is 4.10. The summed E-state index contributed by atoms with van der Waals surface area (Å²) in [6, 6.07) is 5.94. The van der Waals surface area contributed by atoms with E-state index in [1.54, 1.807) is 7.11 Å². The van der Waals surface area contributed by atoms with Crippen LogP contribution < -0.4 is 5.32 Å². The number of piperidine rings is 1. The van der Waals surface area contributed by atoms with Crippen molar-refractivity contribution in [2.24, 2.45) is 5.92 Å². The third kappa shape index (κ3) is 4.64. The Bertz CT molecular complexity index is 382. The molecule has 2 rings (SSSR count). The second kappa shape index (κ2) is 8.80. The van der Waals surface area contributed by atoms with Gasteiger partial charge in [-0.2, -0.15) is 0 Å². The molecule has 1 aromatic rings. The minimum absolute atomic E-state index is 0.506. The highest BCUT2D eigenvalue weighted by molar-refractivity contribution is 6.42. The van der Waals surface area contributed by atoms with Crippen LogP contribution in [-0.2, 0) is 4.74 Å². The predicted octanol–water partition coefficient (Wildman–Crippen LogP) is 4.36. The average molecular weight is 304 g/mol. The number of halogens is 2. The Labute approximate surface area is 126 Å². The maximum Gasteiger partial charge on any atom is 0.0595 e. The summed E-state index contributed by atoms with van der Waals surface area (Å²) < 4.78 is 5.29. The molecule has 1 unspecified atom stereocenters. The van der Waals surface area contributed by atoms with Gasteiger partial charge in [0.15, 0.2) is 0 Å². The summed E-state index contributed by atoms with van der Waals surface area (Å²) >= 11 is 12.0. The van der Waals surface area contributed by atoms with Gasteiger partial charge in [0.05, 0.1) is 16.7 Å². The van der Waals surface area contributed by atoms with Crippen LogP contribution in [0.25, 0.3) is 0 Å². The second-order valence-corrected chi connectivity index (χ2v) is 5.30. The van der Waals surface area contributed by atoms with E-state index in [1.165, 1.54) is 5.56 Å². The number of ether oxygens (including phenoxy) is 1. The first-order chi connectivity index (χ1) is 9.22. The van der Waals surface area contributed by atoms with E-state index in [2.05, 4.69) is 11.4 Å². The van der Waals surface area contributed by atoms with Gasteiger partial charge in [-0.15, -0.1) is 0 Å². The topological polar surface area (TPSA) is 21.3 Å². The van der Waals surface area contributed by atoms with Crippen molar-refractivity contribution in [3.05, 3.63) is 33.8 Å². The second-order valence-electron chi connectivity index (χ2n) is 4.49. The molecule has 0 spiro atoms. The Hall–Kier alpha value is -0.280. The van der Waals surface area contributed by atoms with Crippen molar-refractivity contribution in [1.82, 2.24) is 5.32 Å². The van der Waals surface area contributed by atoms with Crippen molar-refractivity contribution in [2.45, 2.75) is 26.2 Å². The van der Waals surface area contributed by atoms with E-state index in [0.717, 1.165) is 26.1 Å². The highest BCUT2D eigenvalue weighted by atomic mass is 35.5. The molecule has 1 aliphatic heterocycles. The van der Waals surface area contributed by atoms with Crippen molar-refractivity contribution in [2.75, 3.05) is 26.8 Å². The predicted molar refractivity (Wildman–Crippen MR) is 83.4 cm³/mol. The summed E-state index contributed by atoms with van der Waals surface area (Å²) in [7, 11) is 1.75. The summed E-state index contributed by atoms with van der Waals surface area (Å²) in [5, 5.41) is 4.66. The van der Waals surface area contributed by atoms with Crippen LogP contribution in [-0.4, -0.2) is 26.8 Å². The lowest BCUT2D eigenvalue weighted by Crippen LogP contribution is -2.37. The Morgan fingerprint density at radius 1 is 1.26 bits per heavy atom. The van der Waals surface area contributed by atoms with Crippen LogP contribution >= 0.6 is 23.2 Å². The fourth-order valence-electron chi connectivity index (χ4n) is 2.49. The van der Waals surface area contributed by atoms with Crippen LogP contribution in [0.1, 0.15) is 31.7 Å². The number of hydrogen-bond donors (Lipinski definition) is 1. The molecular weight excluding hydrogens is 281 g/mol. The summed E-state index contributed by atoms with van der Waals surface area (Å²) in [4.78, 5) is 0. The molecular formula is C15H23Cl2NO. The number of hydrogen-bond acceptors (Lipinski definition) is 2. The van der Waals surface area contributed by atoms with Gasteiger partial charge in [0.25, 0.3) is 0 Å². The monoisotopic (exact) mass is 303 g/mol. The van der Waals surface area contributed by atoms with Crippen LogP contribution in [0.2, 0.25) is 10.0 Å². The summed E-state index contributed by atoms with van der Waals surface area (Å²) in [5.74, 6) is 1.01. The maximum absolute atomic E-state index is 6.08. The zero-order valence-electron chi connectivity index (χ0n) is 11.9. The van der Waals surface area contributed by atoms with Gasteiger partial charge >= 0.3 is 0 Å². The smallest absolute Gasteiger partial charge is 0.0595 e. The molecule has 1 aliphatic rings. The lowest BCUT2D eigenvalue weighted by atomic mass is 9.81. The molecule has 1 fully saturated rings. The van der Waals surface area contributed by atoms with Crippen LogP contribution in [0.3, 0.4) is 0 Å². The van der Waals surface area contributed by atoms with E-state index in [0.29, 0.717) is 21.9 Å². The molecule has 1 saturated heterocycles. The van der Waals surface area contributed by atoms with E-state index in [-0.39, 0.29) is 0 Å². The van der Waals surface area contributed by atoms with E-state index >= 15 is 0 Å². The Morgan fingerprint density at radius 2 is 2.00 bits per heavy atom. The van der Waals surface area contributed by atoms with Crippen molar-refractivity contribution >= 4 is 23.2 Å².